The molecule has 5 heteroatoms. The third-order valence-corrected chi connectivity index (χ3v) is 4.35. The van der Waals surface area contributed by atoms with Crippen molar-refractivity contribution in [1.29, 1.82) is 0 Å². The van der Waals surface area contributed by atoms with E-state index in [9.17, 15) is 9.90 Å². The van der Waals surface area contributed by atoms with E-state index in [1.54, 1.807) is 48.5 Å². The van der Waals surface area contributed by atoms with Crippen LogP contribution in [0.3, 0.4) is 0 Å². The van der Waals surface area contributed by atoms with E-state index in [2.05, 4.69) is 0 Å². The summed E-state index contributed by atoms with van der Waals surface area (Å²) in [6.07, 6.45) is 0. The fraction of sp³-hybridized carbons (Fsp3) is 0.316. The number of halogens is 1. The maximum atomic E-state index is 11.6. The van der Waals surface area contributed by atoms with E-state index in [-0.39, 0.29) is 11.8 Å². The number of ether oxygens (including phenoxy) is 1. The first-order valence-electron chi connectivity index (χ1n) is 7.73. The molecule has 24 heavy (non-hydrogen) atoms. The Kier molecular flexibility index (Phi) is 5.65. The van der Waals surface area contributed by atoms with Crippen LogP contribution in [0.5, 0.6) is 0 Å². The summed E-state index contributed by atoms with van der Waals surface area (Å²) < 4.78 is 4.71. The Bertz CT molecular complexity index is 711. The molecule has 0 spiro atoms. The van der Waals surface area contributed by atoms with Crippen molar-refractivity contribution in [2.45, 2.75) is 25.5 Å². The number of esters is 1. The second-order valence-corrected chi connectivity index (χ2v) is 6.61. The van der Waals surface area contributed by atoms with Gasteiger partial charge in [-0.15, -0.1) is 0 Å². The quantitative estimate of drug-likeness (QED) is 0.639. The van der Waals surface area contributed by atoms with Gasteiger partial charge in [-0.25, -0.2) is 4.79 Å². The van der Waals surface area contributed by atoms with E-state index >= 15 is 0 Å². The van der Waals surface area contributed by atoms with Crippen LogP contribution in [0.2, 0.25) is 5.02 Å². The first-order chi connectivity index (χ1) is 11.3. The predicted molar refractivity (Wildman–Crippen MR) is 94.9 cm³/mol. The number of hydrogen-bond acceptors (Lipinski definition) is 4. The predicted octanol–water partition coefficient (Wildman–Crippen LogP) is 3.67. The number of methoxy groups -OCH3 is 1. The van der Waals surface area contributed by atoms with Crippen LogP contribution in [0.25, 0.3) is 0 Å². The van der Waals surface area contributed by atoms with Gasteiger partial charge in [0.05, 0.1) is 12.7 Å². The Morgan fingerprint density at radius 3 is 2.33 bits per heavy atom. The fourth-order valence-corrected chi connectivity index (χ4v) is 3.20. The lowest BCUT2D eigenvalue weighted by Crippen LogP contribution is -2.44. The van der Waals surface area contributed by atoms with Gasteiger partial charge in [-0.3, -0.25) is 5.73 Å². The standard InChI is InChI=1S/C19H22ClNO3/c1-12(2)17(13-7-9-14(10-8-13)18(22)24-3)19(21,23)15-5-4-6-16(20)11-15/h4-12,17,23H,21H2,1-3H3/t17?,19-/m0/s1. The minimum absolute atomic E-state index is 0.0583. The molecule has 0 aliphatic heterocycles. The summed E-state index contributed by atoms with van der Waals surface area (Å²) in [6, 6.07) is 13.8. The van der Waals surface area contributed by atoms with Crippen molar-refractivity contribution in [1.82, 2.24) is 0 Å². The zero-order valence-corrected chi connectivity index (χ0v) is 14.7. The van der Waals surface area contributed by atoms with E-state index in [0.29, 0.717) is 16.1 Å². The Hall–Kier alpha value is -1.88. The highest BCUT2D eigenvalue weighted by atomic mass is 35.5. The number of nitrogens with two attached hydrogens (primary N) is 1. The summed E-state index contributed by atoms with van der Waals surface area (Å²) in [6.45, 7) is 3.97. The second-order valence-electron chi connectivity index (χ2n) is 6.17. The molecule has 2 aromatic carbocycles. The third-order valence-electron chi connectivity index (χ3n) is 4.12. The minimum Gasteiger partial charge on any atom is -0.465 e. The largest absolute Gasteiger partial charge is 0.465 e. The molecule has 0 aromatic heterocycles. The molecule has 0 aliphatic carbocycles. The van der Waals surface area contributed by atoms with Crippen LogP contribution in [0.4, 0.5) is 0 Å². The molecule has 3 N–H and O–H groups in total. The molecule has 0 saturated carbocycles. The molecule has 0 saturated heterocycles. The van der Waals surface area contributed by atoms with Crippen LogP contribution < -0.4 is 5.73 Å². The van der Waals surface area contributed by atoms with Crippen LogP contribution >= 0.6 is 11.6 Å². The van der Waals surface area contributed by atoms with Crippen LogP contribution in [0.1, 0.15) is 41.3 Å². The van der Waals surface area contributed by atoms with Crippen LogP contribution in [0, 0.1) is 5.92 Å². The van der Waals surface area contributed by atoms with Crippen molar-refractivity contribution >= 4 is 17.6 Å². The Balaban J connectivity index is 2.43. The van der Waals surface area contributed by atoms with Gasteiger partial charge < -0.3 is 9.84 Å². The van der Waals surface area contributed by atoms with E-state index in [4.69, 9.17) is 22.1 Å². The highest BCUT2D eigenvalue weighted by Gasteiger charge is 2.38. The highest BCUT2D eigenvalue weighted by molar-refractivity contribution is 6.30. The van der Waals surface area contributed by atoms with Crippen LogP contribution in [0.15, 0.2) is 48.5 Å². The normalized spacial score (nSPS) is 15.0. The molecular weight excluding hydrogens is 326 g/mol. The number of hydrogen-bond donors (Lipinski definition) is 2. The van der Waals surface area contributed by atoms with E-state index in [1.807, 2.05) is 13.8 Å². The molecule has 2 rings (SSSR count). The minimum atomic E-state index is -1.59. The average Bonchev–Trinajstić information content (AvgIpc) is 2.54. The summed E-state index contributed by atoms with van der Waals surface area (Å²) in [5.41, 5.74) is 6.56. The molecule has 0 bridgehead atoms. The first-order valence-corrected chi connectivity index (χ1v) is 8.10. The van der Waals surface area contributed by atoms with Gasteiger partial charge in [0.15, 0.2) is 0 Å². The average molecular weight is 348 g/mol. The van der Waals surface area contributed by atoms with Gasteiger partial charge >= 0.3 is 5.97 Å². The first kappa shape index (κ1) is 18.5. The maximum Gasteiger partial charge on any atom is 0.337 e. The zero-order valence-electron chi connectivity index (χ0n) is 14.0. The summed E-state index contributed by atoms with van der Waals surface area (Å²) in [5.74, 6) is -0.717. The molecule has 0 fully saturated rings. The Morgan fingerprint density at radius 1 is 1.21 bits per heavy atom. The van der Waals surface area contributed by atoms with Gasteiger partial charge in [0.25, 0.3) is 0 Å². The molecule has 4 nitrogen and oxygen atoms in total. The van der Waals surface area contributed by atoms with Gasteiger partial charge in [0.1, 0.15) is 5.72 Å². The Morgan fingerprint density at radius 2 is 1.83 bits per heavy atom. The maximum absolute atomic E-state index is 11.6. The number of aliphatic hydroxyl groups is 1. The summed E-state index contributed by atoms with van der Waals surface area (Å²) in [5, 5.41) is 11.6. The molecule has 128 valence electrons. The zero-order chi connectivity index (χ0) is 17.9. The van der Waals surface area contributed by atoms with E-state index < -0.39 is 11.7 Å². The highest BCUT2D eigenvalue weighted by Crippen LogP contribution is 2.39. The molecule has 0 heterocycles. The molecule has 1 unspecified atom stereocenters. The molecule has 0 radical (unpaired) electrons. The van der Waals surface area contributed by atoms with Crippen LogP contribution in [-0.4, -0.2) is 18.2 Å². The van der Waals surface area contributed by atoms with Gasteiger partial charge in [0, 0.05) is 16.5 Å². The lowest BCUT2D eigenvalue weighted by atomic mass is 9.77. The van der Waals surface area contributed by atoms with Gasteiger partial charge in [0.2, 0.25) is 0 Å². The monoisotopic (exact) mass is 347 g/mol. The summed E-state index contributed by atoms with van der Waals surface area (Å²) in [7, 11) is 1.34. The van der Waals surface area contributed by atoms with Gasteiger partial charge in [-0.2, -0.15) is 0 Å². The third kappa shape index (κ3) is 3.78. The molecule has 2 atom stereocenters. The number of carbonyl (C=O) groups is 1. The van der Waals surface area contributed by atoms with Crippen LogP contribution in [-0.2, 0) is 10.5 Å². The van der Waals surface area contributed by atoms with Crippen molar-refractivity contribution in [3.05, 3.63) is 70.2 Å². The molecule has 0 aliphatic rings. The molecular formula is C19H22ClNO3. The van der Waals surface area contributed by atoms with Crippen molar-refractivity contribution in [3.8, 4) is 0 Å². The van der Waals surface area contributed by atoms with Crippen molar-refractivity contribution in [3.63, 3.8) is 0 Å². The smallest absolute Gasteiger partial charge is 0.337 e. The Labute approximate surface area is 147 Å². The summed E-state index contributed by atoms with van der Waals surface area (Å²) >= 11 is 6.03. The SMILES string of the molecule is COC(=O)c1ccc(C(C(C)C)[C@@](N)(O)c2cccc(Cl)c2)cc1. The lowest BCUT2D eigenvalue weighted by molar-refractivity contribution is -0.00227. The number of benzene rings is 2. The van der Waals surface area contributed by atoms with E-state index in [0.717, 1.165) is 5.56 Å². The number of rotatable bonds is 5. The number of carbonyl (C=O) groups excluding carboxylic acids is 1. The van der Waals surface area contributed by atoms with E-state index in [1.165, 1.54) is 7.11 Å². The fourth-order valence-electron chi connectivity index (χ4n) is 3.01. The van der Waals surface area contributed by atoms with Crippen molar-refractivity contribution in [2.24, 2.45) is 11.7 Å². The second kappa shape index (κ2) is 7.34. The topological polar surface area (TPSA) is 72.5 Å². The lowest BCUT2D eigenvalue weighted by Gasteiger charge is -2.36. The van der Waals surface area contributed by atoms with Crippen molar-refractivity contribution in [2.75, 3.05) is 7.11 Å². The van der Waals surface area contributed by atoms with Gasteiger partial charge in [-0.05, 0) is 35.7 Å². The van der Waals surface area contributed by atoms with Gasteiger partial charge in [-0.1, -0.05) is 49.7 Å². The molecule has 2 aromatic rings. The summed E-state index contributed by atoms with van der Waals surface area (Å²) in [4.78, 5) is 11.6. The molecule has 0 amide bonds. The van der Waals surface area contributed by atoms with Crippen molar-refractivity contribution < 1.29 is 14.6 Å².